The molecule has 1 radical (unpaired) electrons. The molecule has 6 heteroatoms. The van der Waals surface area contributed by atoms with E-state index in [1.807, 2.05) is 36.4 Å². The van der Waals surface area contributed by atoms with Crippen molar-refractivity contribution in [3.63, 3.8) is 0 Å². The largest absolute Gasteiger partial charge is 0.373 e. The molecule has 0 N–H and O–H groups in total. The second kappa shape index (κ2) is 7.98. The van der Waals surface area contributed by atoms with E-state index in [0.717, 1.165) is 22.4 Å². The van der Waals surface area contributed by atoms with Gasteiger partial charge in [-0.15, -0.1) is 23.3 Å². The van der Waals surface area contributed by atoms with Crippen molar-refractivity contribution in [3.8, 4) is 17.1 Å². The molecule has 0 bridgehead atoms. The van der Waals surface area contributed by atoms with Crippen LogP contribution in [0.1, 0.15) is 50.7 Å². The van der Waals surface area contributed by atoms with Gasteiger partial charge >= 0.3 is 0 Å². The Bertz CT molecular complexity index is 1080. The molecule has 2 heterocycles. The molecule has 0 aliphatic carbocycles. The third kappa shape index (κ3) is 3.31. The summed E-state index contributed by atoms with van der Waals surface area (Å²) in [6.45, 7) is 8.89. The Morgan fingerprint density at radius 2 is 1.64 bits per heavy atom. The molecule has 0 amide bonds. The van der Waals surface area contributed by atoms with Crippen molar-refractivity contribution < 1.29 is 20.1 Å². The summed E-state index contributed by atoms with van der Waals surface area (Å²) < 4.78 is 4.13. The van der Waals surface area contributed by atoms with Gasteiger partial charge in [0.05, 0.1) is 12.2 Å². The van der Waals surface area contributed by atoms with Gasteiger partial charge in [-0.1, -0.05) is 51.5 Å². The SMILES string of the molecule is CC(C)c1cccc(C(C)C)c1-n1cnnc1-c1[c-]ccc2ncn(C)c12.[Ir]. The van der Waals surface area contributed by atoms with Crippen LogP contribution in [0.3, 0.4) is 0 Å². The van der Waals surface area contributed by atoms with Gasteiger partial charge in [0.2, 0.25) is 0 Å². The van der Waals surface area contributed by atoms with Gasteiger partial charge in [-0.25, -0.2) is 0 Å². The maximum atomic E-state index is 4.48. The van der Waals surface area contributed by atoms with Gasteiger partial charge in [-0.05, 0) is 28.5 Å². The van der Waals surface area contributed by atoms with Crippen molar-refractivity contribution in [2.45, 2.75) is 39.5 Å². The van der Waals surface area contributed by atoms with E-state index < -0.39 is 0 Å². The predicted molar refractivity (Wildman–Crippen MR) is 108 cm³/mol. The smallest absolute Gasteiger partial charge is 0.114 e. The van der Waals surface area contributed by atoms with Gasteiger partial charge in [-0.3, -0.25) is 4.98 Å². The summed E-state index contributed by atoms with van der Waals surface area (Å²) in [5, 5.41) is 8.74. The summed E-state index contributed by atoms with van der Waals surface area (Å²) in [7, 11) is 2.00. The number of hydrogen-bond donors (Lipinski definition) is 0. The summed E-state index contributed by atoms with van der Waals surface area (Å²) in [5.74, 6) is 1.58. The number of nitrogens with zero attached hydrogens (tertiary/aromatic N) is 5. The Kier molecular flexibility index (Phi) is 5.82. The molecular weight excluding hydrogens is 526 g/mol. The zero-order valence-corrected chi connectivity index (χ0v) is 19.2. The van der Waals surface area contributed by atoms with E-state index in [-0.39, 0.29) is 20.1 Å². The molecule has 2 aromatic carbocycles. The Balaban J connectivity index is 0.00000225. The quantitative estimate of drug-likeness (QED) is 0.341. The fourth-order valence-corrected chi connectivity index (χ4v) is 3.68. The first kappa shape index (κ1) is 20.4. The molecular formula is C22H24IrN5-. The molecule has 0 saturated carbocycles. The molecule has 4 aromatic rings. The van der Waals surface area contributed by atoms with E-state index in [4.69, 9.17) is 0 Å². The van der Waals surface area contributed by atoms with Crippen LogP contribution in [-0.2, 0) is 27.2 Å². The average Bonchev–Trinajstić information content (AvgIpc) is 3.28. The normalized spacial score (nSPS) is 11.4. The van der Waals surface area contributed by atoms with E-state index in [2.05, 4.69) is 71.7 Å². The van der Waals surface area contributed by atoms with Gasteiger partial charge in [-0.2, -0.15) is 5.10 Å². The molecule has 28 heavy (non-hydrogen) atoms. The van der Waals surface area contributed by atoms with Gasteiger partial charge in [0, 0.05) is 38.4 Å². The third-order valence-corrected chi connectivity index (χ3v) is 5.03. The summed E-state index contributed by atoms with van der Waals surface area (Å²) in [6, 6.07) is 13.8. The Hall–Kier alpha value is -2.30. The van der Waals surface area contributed by atoms with Crippen LogP contribution in [0.25, 0.3) is 28.1 Å². The molecule has 4 rings (SSSR count). The van der Waals surface area contributed by atoms with Crippen molar-refractivity contribution in [1.82, 2.24) is 24.3 Å². The maximum Gasteiger partial charge on any atom is 0.114 e. The maximum absolute atomic E-state index is 4.48. The molecule has 0 saturated heterocycles. The second-order valence-electron chi connectivity index (χ2n) is 7.56. The number of rotatable bonds is 4. The van der Waals surface area contributed by atoms with Gasteiger partial charge in [0.15, 0.2) is 0 Å². The number of benzene rings is 2. The fourth-order valence-electron chi connectivity index (χ4n) is 3.68. The average molecular weight is 551 g/mol. The van der Waals surface area contributed by atoms with Crippen molar-refractivity contribution >= 4 is 11.0 Å². The monoisotopic (exact) mass is 551 g/mol. The molecule has 2 aromatic heterocycles. The number of aryl methyl sites for hydroxylation is 1. The van der Waals surface area contributed by atoms with Crippen LogP contribution in [-0.4, -0.2) is 24.3 Å². The minimum atomic E-state index is 0. The first-order valence-corrected chi connectivity index (χ1v) is 9.34. The van der Waals surface area contributed by atoms with Gasteiger partial charge in [0.25, 0.3) is 0 Å². The number of para-hydroxylation sites is 1. The van der Waals surface area contributed by atoms with Gasteiger partial charge < -0.3 is 9.13 Å². The molecule has 0 spiro atoms. The Morgan fingerprint density at radius 3 is 2.29 bits per heavy atom. The van der Waals surface area contributed by atoms with Crippen molar-refractivity contribution in [1.29, 1.82) is 0 Å². The molecule has 0 atom stereocenters. The zero-order valence-electron chi connectivity index (χ0n) is 16.8. The van der Waals surface area contributed by atoms with Crippen LogP contribution >= 0.6 is 0 Å². The number of hydrogen-bond acceptors (Lipinski definition) is 3. The third-order valence-electron chi connectivity index (χ3n) is 5.03. The predicted octanol–water partition coefficient (Wildman–Crippen LogP) is 4.87. The molecule has 5 nitrogen and oxygen atoms in total. The van der Waals surface area contributed by atoms with E-state index in [1.54, 1.807) is 0 Å². The van der Waals surface area contributed by atoms with Crippen molar-refractivity contribution in [3.05, 3.63) is 60.2 Å². The molecule has 0 aliphatic rings. The topological polar surface area (TPSA) is 48.5 Å². The van der Waals surface area contributed by atoms with Crippen LogP contribution < -0.4 is 0 Å². The van der Waals surface area contributed by atoms with Gasteiger partial charge in [0.1, 0.15) is 6.33 Å². The van der Waals surface area contributed by atoms with E-state index in [1.165, 1.54) is 16.8 Å². The zero-order chi connectivity index (χ0) is 19.1. The summed E-state index contributed by atoms with van der Waals surface area (Å²) in [4.78, 5) is 4.47. The molecule has 0 aliphatic heterocycles. The van der Waals surface area contributed by atoms with Crippen LogP contribution in [0.5, 0.6) is 0 Å². The standard InChI is InChI=1S/C22H24N5.Ir/c1-14(2)16-8-6-9-17(15(3)4)20(16)27-13-24-25-22(27)18-10-7-11-19-21(18)26(5)12-23-19;/h6-9,11-15H,1-5H3;/q-1;. The van der Waals surface area contributed by atoms with Crippen LogP contribution in [0.15, 0.2) is 43.0 Å². The van der Waals surface area contributed by atoms with E-state index in [9.17, 15) is 0 Å². The number of imidazole rings is 1. The number of fused-ring (bicyclic) bond motifs is 1. The number of aromatic nitrogens is 5. The first-order valence-electron chi connectivity index (χ1n) is 9.34. The van der Waals surface area contributed by atoms with E-state index >= 15 is 0 Å². The van der Waals surface area contributed by atoms with Crippen molar-refractivity contribution in [2.24, 2.45) is 7.05 Å². The molecule has 0 unspecified atom stereocenters. The fraction of sp³-hybridized carbons (Fsp3) is 0.318. The minimum Gasteiger partial charge on any atom is -0.373 e. The van der Waals surface area contributed by atoms with Crippen LogP contribution in [0, 0.1) is 6.07 Å². The van der Waals surface area contributed by atoms with Crippen LogP contribution in [0.2, 0.25) is 0 Å². The molecule has 0 fully saturated rings. The van der Waals surface area contributed by atoms with Crippen molar-refractivity contribution in [2.75, 3.05) is 0 Å². The summed E-state index contributed by atoms with van der Waals surface area (Å²) in [6.07, 6.45) is 3.63. The Morgan fingerprint density at radius 1 is 0.964 bits per heavy atom. The van der Waals surface area contributed by atoms with Crippen LogP contribution in [0.4, 0.5) is 0 Å². The van der Waals surface area contributed by atoms with E-state index in [0.29, 0.717) is 11.8 Å². The summed E-state index contributed by atoms with van der Waals surface area (Å²) >= 11 is 0. The molecule has 147 valence electrons. The minimum absolute atomic E-state index is 0. The Labute approximate surface area is 179 Å². The summed E-state index contributed by atoms with van der Waals surface area (Å²) in [5.41, 5.74) is 6.62. The second-order valence-corrected chi connectivity index (χ2v) is 7.56. The first-order chi connectivity index (χ1) is 13.0.